The van der Waals surface area contributed by atoms with Crippen LogP contribution in [-0.2, 0) is 17.8 Å². The van der Waals surface area contributed by atoms with Gasteiger partial charge in [0.25, 0.3) is 17.1 Å². The lowest BCUT2D eigenvalue weighted by Gasteiger charge is -2.12. The molecule has 0 saturated carbocycles. The van der Waals surface area contributed by atoms with E-state index < -0.39 is 5.91 Å². The van der Waals surface area contributed by atoms with Crippen LogP contribution in [0.4, 0.5) is 5.82 Å². The molecule has 0 radical (unpaired) electrons. The normalized spacial score (nSPS) is 11.2. The SMILES string of the molecule is COCC[n+]1c(N)c(C(=O)NCc2ccco2)cc2c(=O)n3ccccc3nc21. The molecule has 4 heterocycles. The fourth-order valence-corrected chi connectivity index (χ4v) is 3.17. The molecule has 0 aliphatic heterocycles. The summed E-state index contributed by atoms with van der Waals surface area (Å²) in [5.41, 5.74) is 7.11. The molecule has 0 spiro atoms. The zero-order chi connectivity index (χ0) is 20.4. The Morgan fingerprint density at radius 1 is 1.34 bits per heavy atom. The maximum Gasteiger partial charge on any atom is 0.278 e. The van der Waals surface area contributed by atoms with Crippen LogP contribution in [0.1, 0.15) is 16.1 Å². The first-order valence-corrected chi connectivity index (χ1v) is 9.03. The summed E-state index contributed by atoms with van der Waals surface area (Å²) < 4.78 is 13.5. The van der Waals surface area contributed by atoms with Crippen LogP contribution < -0.4 is 21.2 Å². The van der Waals surface area contributed by atoms with E-state index in [-0.39, 0.29) is 23.5 Å². The van der Waals surface area contributed by atoms with Gasteiger partial charge in [-0.15, -0.1) is 0 Å². The fraction of sp³-hybridized carbons (Fsp3) is 0.200. The Morgan fingerprint density at radius 2 is 2.21 bits per heavy atom. The quantitative estimate of drug-likeness (QED) is 0.371. The largest absolute Gasteiger partial charge is 0.467 e. The first kappa shape index (κ1) is 18.6. The van der Waals surface area contributed by atoms with Crippen LogP contribution in [0.5, 0.6) is 0 Å². The highest BCUT2D eigenvalue weighted by molar-refractivity contribution is 6.00. The number of hydrogen-bond donors (Lipinski definition) is 2. The number of ether oxygens (including phenoxy) is 1. The standard InChI is InChI=1S/C20H19N5O4/c1-28-10-8-25-17(21)14(19(26)22-12-13-5-4-9-29-13)11-15-18(25)23-16-6-2-3-7-24(16)20(15)27/h2-7,9,11,21H,8,10,12H2,1H3,(H,22,26)/p+1. The minimum absolute atomic E-state index is 0.190. The summed E-state index contributed by atoms with van der Waals surface area (Å²) in [5.74, 6) is 0.404. The second-order valence-corrected chi connectivity index (χ2v) is 6.43. The monoisotopic (exact) mass is 394 g/mol. The molecule has 4 aromatic rings. The van der Waals surface area contributed by atoms with Crippen LogP contribution >= 0.6 is 0 Å². The molecule has 0 unspecified atom stereocenters. The molecule has 0 fully saturated rings. The molecule has 29 heavy (non-hydrogen) atoms. The molecule has 4 aromatic heterocycles. The minimum Gasteiger partial charge on any atom is -0.467 e. The molecule has 0 aliphatic carbocycles. The summed E-state index contributed by atoms with van der Waals surface area (Å²) in [4.78, 5) is 30.4. The summed E-state index contributed by atoms with van der Waals surface area (Å²) in [6.45, 7) is 0.890. The average Bonchev–Trinajstić information content (AvgIpc) is 3.25. The van der Waals surface area contributed by atoms with E-state index in [1.54, 1.807) is 48.2 Å². The van der Waals surface area contributed by atoms with Gasteiger partial charge in [-0.05, 0) is 30.3 Å². The lowest BCUT2D eigenvalue weighted by Crippen LogP contribution is -2.44. The Hall–Kier alpha value is -3.72. The number of carbonyl (C=O) groups excluding carboxylic acids is 1. The molecule has 148 valence electrons. The van der Waals surface area contributed by atoms with Gasteiger partial charge in [0.2, 0.25) is 11.5 Å². The third-order valence-corrected chi connectivity index (χ3v) is 4.63. The highest BCUT2D eigenvalue weighted by Crippen LogP contribution is 2.15. The fourth-order valence-electron chi connectivity index (χ4n) is 3.17. The third kappa shape index (κ3) is 3.43. The highest BCUT2D eigenvalue weighted by Gasteiger charge is 2.24. The van der Waals surface area contributed by atoms with Crippen LogP contribution in [0.15, 0.2) is 58.1 Å². The van der Waals surface area contributed by atoms with Crippen molar-refractivity contribution in [2.45, 2.75) is 13.1 Å². The Labute approximate surface area is 165 Å². The summed E-state index contributed by atoms with van der Waals surface area (Å²) in [6, 6.07) is 10.3. The van der Waals surface area contributed by atoms with Crippen molar-refractivity contribution in [2.75, 3.05) is 19.5 Å². The summed E-state index contributed by atoms with van der Waals surface area (Å²) in [7, 11) is 1.57. The van der Waals surface area contributed by atoms with E-state index in [1.807, 2.05) is 0 Å². The van der Waals surface area contributed by atoms with Crippen molar-refractivity contribution in [1.82, 2.24) is 14.7 Å². The van der Waals surface area contributed by atoms with Crippen LogP contribution in [0.25, 0.3) is 16.7 Å². The van der Waals surface area contributed by atoms with Crippen molar-refractivity contribution in [3.63, 3.8) is 0 Å². The first-order valence-electron chi connectivity index (χ1n) is 9.03. The Bertz CT molecular complexity index is 1250. The van der Waals surface area contributed by atoms with E-state index in [2.05, 4.69) is 10.3 Å². The topological polar surface area (TPSA) is 116 Å². The molecular formula is C20H20N5O4+. The van der Waals surface area contributed by atoms with Crippen molar-refractivity contribution in [2.24, 2.45) is 0 Å². The molecule has 9 nitrogen and oxygen atoms in total. The number of nitrogen functional groups attached to an aromatic ring is 1. The van der Waals surface area contributed by atoms with Gasteiger partial charge in [-0.2, -0.15) is 0 Å². The van der Waals surface area contributed by atoms with Crippen molar-refractivity contribution in [1.29, 1.82) is 0 Å². The Morgan fingerprint density at radius 3 is 2.97 bits per heavy atom. The maximum absolute atomic E-state index is 13.0. The third-order valence-electron chi connectivity index (χ3n) is 4.63. The number of nitrogens with zero attached hydrogens (tertiary/aromatic N) is 3. The number of methoxy groups -OCH3 is 1. The van der Waals surface area contributed by atoms with Gasteiger partial charge in [0, 0.05) is 13.3 Å². The molecule has 9 heteroatoms. The van der Waals surface area contributed by atoms with Gasteiger partial charge in [0.1, 0.15) is 16.7 Å². The number of rotatable bonds is 6. The van der Waals surface area contributed by atoms with Crippen molar-refractivity contribution >= 4 is 28.4 Å². The van der Waals surface area contributed by atoms with Gasteiger partial charge < -0.3 is 20.2 Å². The molecule has 0 atom stereocenters. The smallest absolute Gasteiger partial charge is 0.278 e. The van der Waals surface area contributed by atoms with Crippen molar-refractivity contribution < 1.29 is 18.5 Å². The van der Waals surface area contributed by atoms with Gasteiger partial charge in [0.05, 0.1) is 26.0 Å². The van der Waals surface area contributed by atoms with E-state index in [9.17, 15) is 9.59 Å². The molecule has 0 aliphatic rings. The molecule has 0 saturated heterocycles. The highest BCUT2D eigenvalue weighted by atomic mass is 16.5. The Balaban J connectivity index is 1.86. The number of carbonyl (C=O) groups is 1. The number of hydrogen-bond acceptors (Lipinski definition) is 6. The summed E-state index contributed by atoms with van der Waals surface area (Å²) in [6.07, 6.45) is 3.17. The van der Waals surface area contributed by atoms with Crippen LogP contribution in [0.2, 0.25) is 0 Å². The van der Waals surface area contributed by atoms with Crippen LogP contribution in [-0.4, -0.2) is 29.0 Å². The summed E-state index contributed by atoms with van der Waals surface area (Å²) in [5, 5.41) is 3.05. The van der Waals surface area contributed by atoms with Gasteiger partial charge in [-0.3, -0.25) is 14.0 Å². The van der Waals surface area contributed by atoms with Crippen LogP contribution in [0, 0.1) is 0 Å². The average molecular weight is 394 g/mol. The number of nitrogens with one attached hydrogen (secondary N) is 1. The summed E-state index contributed by atoms with van der Waals surface area (Å²) >= 11 is 0. The van der Waals surface area contributed by atoms with E-state index >= 15 is 0 Å². The second-order valence-electron chi connectivity index (χ2n) is 6.43. The zero-order valence-corrected chi connectivity index (χ0v) is 15.8. The molecule has 3 N–H and O–H groups in total. The van der Waals surface area contributed by atoms with Gasteiger partial charge >= 0.3 is 0 Å². The maximum atomic E-state index is 13.0. The van der Waals surface area contributed by atoms with E-state index in [0.717, 1.165) is 0 Å². The molecular weight excluding hydrogens is 374 g/mol. The zero-order valence-electron chi connectivity index (χ0n) is 15.8. The molecule has 4 rings (SSSR count). The minimum atomic E-state index is -0.412. The lowest BCUT2D eigenvalue weighted by atomic mass is 10.1. The van der Waals surface area contributed by atoms with E-state index in [4.69, 9.17) is 14.9 Å². The van der Waals surface area contributed by atoms with E-state index in [1.165, 1.54) is 16.7 Å². The molecule has 1 amide bonds. The van der Waals surface area contributed by atoms with Gasteiger partial charge in [0.15, 0.2) is 0 Å². The first-order chi connectivity index (χ1) is 14.1. The second kappa shape index (κ2) is 7.72. The molecule has 0 aromatic carbocycles. The number of pyridine rings is 2. The number of anilines is 1. The molecule has 0 bridgehead atoms. The van der Waals surface area contributed by atoms with Crippen LogP contribution in [0.3, 0.4) is 0 Å². The predicted octanol–water partition coefficient (Wildman–Crippen LogP) is 0.887. The van der Waals surface area contributed by atoms with Crippen molar-refractivity contribution in [3.8, 4) is 0 Å². The lowest BCUT2D eigenvalue weighted by molar-refractivity contribution is -0.660. The number of amides is 1. The number of aromatic nitrogens is 3. The predicted molar refractivity (Wildman–Crippen MR) is 105 cm³/mol. The number of furan rings is 1. The Kier molecular flexibility index (Phi) is 4.96. The number of nitrogens with two attached hydrogens (primary N) is 1. The van der Waals surface area contributed by atoms with E-state index in [0.29, 0.717) is 35.6 Å². The number of fused-ring (bicyclic) bond motifs is 2. The van der Waals surface area contributed by atoms with Crippen molar-refractivity contribution in [3.05, 3.63) is 70.5 Å². The van der Waals surface area contributed by atoms with Gasteiger partial charge in [-0.1, -0.05) is 11.1 Å². The van der Waals surface area contributed by atoms with Gasteiger partial charge in [-0.25, -0.2) is 4.57 Å².